The van der Waals surface area contributed by atoms with Crippen molar-refractivity contribution in [2.24, 2.45) is 9.98 Å². The Labute approximate surface area is 59.9 Å². The molecule has 0 amide bonds. The predicted octanol–water partition coefficient (Wildman–Crippen LogP) is 0.231. The summed E-state index contributed by atoms with van der Waals surface area (Å²) >= 11 is 0. The third-order valence-corrected chi connectivity index (χ3v) is 1.57. The van der Waals surface area contributed by atoms with Gasteiger partial charge in [0.2, 0.25) is 15.0 Å². The summed E-state index contributed by atoms with van der Waals surface area (Å²) in [6.45, 7) is 6.26. The molecule has 0 atom stereocenters. The van der Waals surface area contributed by atoms with Gasteiger partial charge in [-0.25, -0.2) is 18.4 Å². The van der Waals surface area contributed by atoms with E-state index in [9.17, 15) is 8.42 Å². The van der Waals surface area contributed by atoms with Gasteiger partial charge in [-0.05, 0) is 6.72 Å². The van der Waals surface area contributed by atoms with Crippen LogP contribution in [-0.4, -0.2) is 26.6 Å². The van der Waals surface area contributed by atoms with Crippen molar-refractivity contribution in [2.75, 3.05) is 6.26 Å². The Balaban J connectivity index is 4.89. The van der Waals surface area contributed by atoms with Gasteiger partial charge in [-0.15, -0.1) is 0 Å². The van der Waals surface area contributed by atoms with Crippen LogP contribution in [-0.2, 0) is 9.84 Å². The van der Waals surface area contributed by atoms with E-state index in [0.717, 1.165) is 12.5 Å². The van der Waals surface area contributed by atoms with Crippen molar-refractivity contribution in [1.29, 1.82) is 0 Å². The highest BCUT2D eigenvalue weighted by Gasteiger charge is 2.08. The predicted molar refractivity (Wildman–Crippen MR) is 42.0 cm³/mol. The second-order valence-electron chi connectivity index (χ2n) is 1.52. The van der Waals surface area contributed by atoms with Gasteiger partial charge < -0.3 is 0 Å². The van der Waals surface area contributed by atoms with Gasteiger partial charge in [0.05, 0.1) is 0 Å². The maximum absolute atomic E-state index is 10.6. The van der Waals surface area contributed by atoms with Gasteiger partial charge in [0.25, 0.3) is 0 Å². The quantitative estimate of drug-likeness (QED) is 0.407. The molecule has 4 nitrogen and oxygen atoms in total. The van der Waals surface area contributed by atoms with Gasteiger partial charge in [-0.3, -0.25) is 0 Å². The van der Waals surface area contributed by atoms with E-state index in [4.69, 9.17) is 0 Å². The molecule has 0 radical (unpaired) electrons. The minimum atomic E-state index is -3.33. The van der Waals surface area contributed by atoms with E-state index in [2.05, 4.69) is 23.3 Å². The van der Waals surface area contributed by atoms with Crippen molar-refractivity contribution in [3.63, 3.8) is 0 Å². The van der Waals surface area contributed by atoms with Gasteiger partial charge in [0, 0.05) is 12.5 Å². The Hall–Kier alpha value is -0.970. The summed E-state index contributed by atoms with van der Waals surface area (Å²) in [5, 5.41) is -0.303. The zero-order valence-corrected chi connectivity index (χ0v) is 6.43. The molecule has 56 valence electrons. The highest BCUT2D eigenvalue weighted by Crippen LogP contribution is 1.90. The molecule has 0 unspecified atom stereocenters. The molecule has 10 heavy (non-hydrogen) atoms. The minimum absolute atomic E-state index is 0.303. The van der Waals surface area contributed by atoms with Crippen molar-refractivity contribution in [2.45, 2.75) is 0 Å². The first-order chi connectivity index (χ1) is 4.52. The normalized spacial score (nSPS) is 12.7. The van der Waals surface area contributed by atoms with Gasteiger partial charge in [0.15, 0.2) is 0 Å². The van der Waals surface area contributed by atoms with Crippen LogP contribution < -0.4 is 0 Å². The van der Waals surface area contributed by atoms with E-state index in [1.807, 2.05) is 0 Å². The molecule has 0 heterocycles. The van der Waals surface area contributed by atoms with E-state index < -0.39 is 9.84 Å². The Bertz CT molecular complexity index is 263. The first-order valence-corrected chi connectivity index (χ1v) is 4.27. The number of nitrogens with zero attached hydrogens (tertiary/aromatic N) is 2. The highest BCUT2D eigenvalue weighted by atomic mass is 32.2. The number of aliphatic imine (C=N–C) groups is 2. The van der Waals surface area contributed by atoms with Crippen LogP contribution in [0.25, 0.3) is 0 Å². The van der Waals surface area contributed by atoms with Crippen molar-refractivity contribution < 1.29 is 8.42 Å². The lowest BCUT2D eigenvalue weighted by atomic mass is 11.0. The summed E-state index contributed by atoms with van der Waals surface area (Å²) in [4.78, 5) is 6.57. The average molecular weight is 160 g/mol. The molecule has 0 aliphatic rings. The van der Waals surface area contributed by atoms with Crippen molar-refractivity contribution in [3.8, 4) is 0 Å². The minimum Gasteiger partial charge on any atom is -0.235 e. The van der Waals surface area contributed by atoms with Crippen LogP contribution in [0.4, 0.5) is 0 Å². The second-order valence-corrected chi connectivity index (χ2v) is 3.43. The Morgan fingerprint density at radius 2 is 2.10 bits per heavy atom. The SMILES string of the molecule is C=CN=C(N=C)S(C)(=O)=O. The smallest absolute Gasteiger partial charge is 0.235 e. The molecule has 0 aromatic heterocycles. The van der Waals surface area contributed by atoms with Crippen molar-refractivity contribution in [1.82, 2.24) is 0 Å². The van der Waals surface area contributed by atoms with E-state index in [1.165, 1.54) is 0 Å². The lowest BCUT2D eigenvalue weighted by Crippen LogP contribution is -2.08. The Kier molecular flexibility index (Phi) is 2.95. The zero-order valence-electron chi connectivity index (χ0n) is 5.61. The third-order valence-electron chi connectivity index (χ3n) is 0.669. The Morgan fingerprint density at radius 3 is 2.20 bits per heavy atom. The molecule has 0 saturated heterocycles. The molecule has 5 heteroatoms. The van der Waals surface area contributed by atoms with Gasteiger partial charge in [0.1, 0.15) is 0 Å². The molecule has 0 rings (SSSR count). The molecule has 0 bridgehead atoms. The van der Waals surface area contributed by atoms with E-state index >= 15 is 0 Å². The first kappa shape index (κ1) is 9.03. The summed E-state index contributed by atoms with van der Waals surface area (Å²) in [6.07, 6.45) is 2.11. The van der Waals surface area contributed by atoms with Crippen LogP contribution in [0.1, 0.15) is 0 Å². The van der Waals surface area contributed by atoms with Crippen LogP contribution in [0.15, 0.2) is 22.8 Å². The maximum atomic E-state index is 10.6. The molecule has 0 aromatic carbocycles. The van der Waals surface area contributed by atoms with E-state index in [1.54, 1.807) is 0 Å². The summed E-state index contributed by atoms with van der Waals surface area (Å²) in [7, 11) is -3.33. The van der Waals surface area contributed by atoms with Crippen LogP contribution >= 0.6 is 0 Å². The number of hydrogen-bond acceptors (Lipinski definition) is 3. The monoisotopic (exact) mass is 160 g/mol. The zero-order chi connectivity index (χ0) is 8.20. The second kappa shape index (κ2) is 3.26. The summed E-state index contributed by atoms with van der Waals surface area (Å²) < 4.78 is 21.3. The fraction of sp³-hybridized carbons (Fsp3) is 0.200. The molecule has 0 spiro atoms. The van der Waals surface area contributed by atoms with Gasteiger partial charge in [-0.1, -0.05) is 6.58 Å². The number of rotatable bonds is 1. The van der Waals surface area contributed by atoms with Crippen LogP contribution in [0, 0.1) is 0 Å². The van der Waals surface area contributed by atoms with E-state index in [-0.39, 0.29) is 5.17 Å². The molecule has 0 aliphatic carbocycles. The fourth-order valence-corrected chi connectivity index (χ4v) is 0.832. The number of amidine groups is 1. The molecule has 0 fully saturated rings. The summed E-state index contributed by atoms with van der Waals surface area (Å²) in [6, 6.07) is 0. The summed E-state index contributed by atoms with van der Waals surface area (Å²) in [5.41, 5.74) is 0. The van der Waals surface area contributed by atoms with Crippen LogP contribution in [0.3, 0.4) is 0 Å². The van der Waals surface area contributed by atoms with Crippen molar-refractivity contribution >= 4 is 21.7 Å². The molecule has 0 aliphatic heterocycles. The van der Waals surface area contributed by atoms with E-state index in [0.29, 0.717) is 0 Å². The summed E-state index contributed by atoms with van der Waals surface area (Å²) in [5.74, 6) is 0. The first-order valence-electron chi connectivity index (χ1n) is 2.38. The number of sulfone groups is 1. The molecule has 0 N–H and O–H groups in total. The largest absolute Gasteiger partial charge is 0.246 e. The molecule has 0 aromatic rings. The van der Waals surface area contributed by atoms with Crippen LogP contribution in [0.5, 0.6) is 0 Å². The average Bonchev–Trinajstić information content (AvgIpc) is 1.80. The molecular weight excluding hydrogens is 152 g/mol. The highest BCUT2D eigenvalue weighted by molar-refractivity contribution is 8.05. The fourth-order valence-electron chi connectivity index (χ4n) is 0.332. The van der Waals surface area contributed by atoms with Gasteiger partial charge in [-0.2, -0.15) is 0 Å². The molecule has 0 saturated carbocycles. The number of hydrogen-bond donors (Lipinski definition) is 0. The molecular formula is C5H8N2O2S. The Morgan fingerprint density at radius 1 is 1.60 bits per heavy atom. The lowest BCUT2D eigenvalue weighted by molar-refractivity contribution is 0.612. The third kappa shape index (κ3) is 2.54. The maximum Gasteiger partial charge on any atom is 0.246 e. The van der Waals surface area contributed by atoms with Crippen molar-refractivity contribution in [3.05, 3.63) is 12.8 Å². The topological polar surface area (TPSA) is 58.9 Å². The van der Waals surface area contributed by atoms with Crippen LogP contribution in [0.2, 0.25) is 0 Å². The standard InChI is InChI=1S/C5H8N2O2S/c1-4-7-5(6-2)10(3,8)9/h4H,1-2H2,3H3. The lowest BCUT2D eigenvalue weighted by Gasteiger charge is -1.91. The van der Waals surface area contributed by atoms with Gasteiger partial charge >= 0.3 is 0 Å².